The van der Waals surface area contributed by atoms with E-state index >= 15 is 0 Å². The first-order chi connectivity index (χ1) is 14.6. The van der Waals surface area contributed by atoms with E-state index in [9.17, 15) is 4.79 Å². The average Bonchev–Trinajstić information content (AvgIpc) is 2.74. The van der Waals surface area contributed by atoms with Gasteiger partial charge in [0.1, 0.15) is 0 Å². The molecule has 5 nitrogen and oxygen atoms in total. The lowest BCUT2D eigenvalue weighted by Crippen LogP contribution is -2.24. The van der Waals surface area contributed by atoms with E-state index < -0.39 is 0 Å². The molecule has 2 rings (SSSR count). The summed E-state index contributed by atoms with van der Waals surface area (Å²) in [6.07, 6.45) is 11.0. The molecule has 0 spiro atoms. The van der Waals surface area contributed by atoms with E-state index in [0.717, 1.165) is 49.4 Å². The van der Waals surface area contributed by atoms with Gasteiger partial charge in [-0.25, -0.2) is 0 Å². The molecular weight excluding hydrogens is 376 g/mol. The zero-order valence-corrected chi connectivity index (χ0v) is 19.2. The second-order valence-electron chi connectivity index (χ2n) is 8.06. The van der Waals surface area contributed by atoms with Crippen LogP contribution < -0.4 is 20.8 Å². The lowest BCUT2D eigenvalue weighted by molar-refractivity contribution is 0.259. The Hall–Kier alpha value is -2.17. The van der Waals surface area contributed by atoms with E-state index in [1.807, 2.05) is 22.8 Å². The molecule has 0 radical (unpaired) electrons. The molecule has 1 aromatic heterocycles. The Kier molecular flexibility index (Phi) is 10.6. The smallest absolute Gasteiger partial charge is 0.297 e. The second kappa shape index (κ2) is 13.2. The minimum Gasteiger partial charge on any atom is -0.489 e. The van der Waals surface area contributed by atoms with Gasteiger partial charge in [-0.1, -0.05) is 65.7 Å². The predicted octanol–water partition coefficient (Wildman–Crippen LogP) is 6.30. The summed E-state index contributed by atoms with van der Waals surface area (Å²) in [6, 6.07) is 5.70. The van der Waals surface area contributed by atoms with E-state index in [4.69, 9.17) is 15.2 Å². The van der Waals surface area contributed by atoms with Crippen LogP contribution >= 0.6 is 0 Å². The molecule has 0 unspecified atom stereocenters. The van der Waals surface area contributed by atoms with Gasteiger partial charge in [-0.3, -0.25) is 4.79 Å². The first kappa shape index (κ1) is 24.1. The molecular formula is C25H40N2O3. The molecule has 0 aliphatic heterocycles. The van der Waals surface area contributed by atoms with Gasteiger partial charge in [0.15, 0.2) is 5.75 Å². The fourth-order valence-electron chi connectivity index (χ4n) is 3.60. The Balaban J connectivity index is 2.39. The third-order valence-electron chi connectivity index (χ3n) is 5.43. The van der Waals surface area contributed by atoms with Crippen molar-refractivity contribution in [3.05, 3.63) is 28.6 Å². The molecule has 0 saturated carbocycles. The Bertz CT molecular complexity index is 829. The fraction of sp³-hybridized carbons (Fsp3) is 0.640. The summed E-state index contributed by atoms with van der Waals surface area (Å²) >= 11 is 0. The van der Waals surface area contributed by atoms with E-state index in [1.54, 1.807) is 0 Å². The van der Waals surface area contributed by atoms with Crippen molar-refractivity contribution in [2.45, 2.75) is 91.5 Å². The molecule has 0 fully saturated rings. The highest BCUT2D eigenvalue weighted by atomic mass is 16.5. The van der Waals surface area contributed by atoms with Gasteiger partial charge in [-0.05, 0) is 37.5 Å². The topological polar surface area (TPSA) is 66.5 Å². The van der Waals surface area contributed by atoms with Crippen molar-refractivity contribution in [1.82, 2.24) is 4.57 Å². The number of benzene rings is 1. The number of nitrogen functional groups attached to an aromatic ring is 1. The molecule has 168 valence electrons. The number of hydrogen-bond donors (Lipinski definition) is 1. The van der Waals surface area contributed by atoms with Gasteiger partial charge in [0, 0.05) is 17.6 Å². The second-order valence-corrected chi connectivity index (χ2v) is 8.06. The third-order valence-corrected chi connectivity index (χ3v) is 5.43. The predicted molar refractivity (Wildman–Crippen MR) is 127 cm³/mol. The number of pyridine rings is 1. The van der Waals surface area contributed by atoms with Gasteiger partial charge in [0.05, 0.1) is 18.7 Å². The van der Waals surface area contributed by atoms with Crippen LogP contribution in [0.2, 0.25) is 0 Å². The minimum atomic E-state index is -0.107. The monoisotopic (exact) mass is 416 g/mol. The van der Waals surface area contributed by atoms with Gasteiger partial charge in [0.2, 0.25) is 5.75 Å². The molecule has 2 aromatic rings. The molecule has 1 heterocycles. The molecule has 0 aliphatic rings. The van der Waals surface area contributed by atoms with Crippen LogP contribution in [0.3, 0.4) is 0 Å². The van der Waals surface area contributed by atoms with Crippen molar-refractivity contribution in [2.24, 2.45) is 0 Å². The standard InChI is InChI=1S/C25H40N2O3/c1-4-7-10-11-12-13-16-27-22-19-20(26)14-15-21(22)23(29-17-8-5-2)24(25(27)28)30-18-9-6-3/h14-15,19H,4-13,16-18,26H2,1-3H3. The van der Waals surface area contributed by atoms with Crippen molar-refractivity contribution in [3.63, 3.8) is 0 Å². The van der Waals surface area contributed by atoms with E-state index in [0.29, 0.717) is 36.9 Å². The summed E-state index contributed by atoms with van der Waals surface area (Å²) in [6.45, 7) is 8.22. The lowest BCUT2D eigenvalue weighted by Gasteiger charge is -2.19. The van der Waals surface area contributed by atoms with Crippen LogP contribution in [0.5, 0.6) is 11.5 Å². The van der Waals surface area contributed by atoms with Gasteiger partial charge < -0.3 is 19.8 Å². The molecule has 0 aliphatic carbocycles. The highest BCUT2D eigenvalue weighted by Gasteiger charge is 2.20. The number of fused-ring (bicyclic) bond motifs is 1. The summed E-state index contributed by atoms with van der Waals surface area (Å²) < 4.78 is 13.9. The zero-order chi connectivity index (χ0) is 21.8. The van der Waals surface area contributed by atoms with Gasteiger partial charge in [0.25, 0.3) is 5.56 Å². The normalized spacial score (nSPS) is 11.2. The number of anilines is 1. The maximum Gasteiger partial charge on any atom is 0.297 e. The van der Waals surface area contributed by atoms with Crippen molar-refractivity contribution >= 4 is 16.6 Å². The van der Waals surface area contributed by atoms with E-state index in [-0.39, 0.29) is 5.56 Å². The number of nitrogens with two attached hydrogens (primary N) is 1. The van der Waals surface area contributed by atoms with E-state index in [2.05, 4.69) is 20.8 Å². The number of aryl methyl sites for hydroxylation is 1. The highest BCUT2D eigenvalue weighted by Crippen LogP contribution is 2.34. The molecule has 0 saturated heterocycles. The van der Waals surface area contributed by atoms with Crippen LogP contribution in [-0.4, -0.2) is 17.8 Å². The zero-order valence-electron chi connectivity index (χ0n) is 19.2. The number of ether oxygens (including phenoxy) is 2. The highest BCUT2D eigenvalue weighted by molar-refractivity contribution is 5.90. The number of hydrogen-bond acceptors (Lipinski definition) is 4. The third kappa shape index (κ3) is 6.68. The van der Waals surface area contributed by atoms with Crippen molar-refractivity contribution in [2.75, 3.05) is 18.9 Å². The molecule has 5 heteroatoms. The molecule has 0 amide bonds. The van der Waals surface area contributed by atoms with Crippen molar-refractivity contribution in [1.29, 1.82) is 0 Å². The van der Waals surface area contributed by atoms with Gasteiger partial charge in [-0.2, -0.15) is 0 Å². The van der Waals surface area contributed by atoms with E-state index in [1.165, 1.54) is 25.7 Å². The summed E-state index contributed by atoms with van der Waals surface area (Å²) in [5, 5.41) is 0.900. The Morgan fingerprint density at radius 3 is 2.07 bits per heavy atom. The number of aromatic nitrogens is 1. The number of unbranched alkanes of at least 4 members (excludes halogenated alkanes) is 7. The largest absolute Gasteiger partial charge is 0.489 e. The molecule has 0 bridgehead atoms. The number of nitrogens with zero attached hydrogens (tertiary/aromatic N) is 1. The quantitative estimate of drug-likeness (QED) is 0.273. The first-order valence-electron chi connectivity index (χ1n) is 11.9. The summed E-state index contributed by atoms with van der Waals surface area (Å²) in [7, 11) is 0. The minimum absolute atomic E-state index is 0.107. The maximum atomic E-state index is 13.4. The SMILES string of the molecule is CCCCCCCCn1c(=O)c(OCCCC)c(OCCCC)c2ccc(N)cc21. The molecule has 0 atom stereocenters. The average molecular weight is 417 g/mol. The van der Waals surface area contributed by atoms with Crippen LogP contribution in [0.25, 0.3) is 10.9 Å². The van der Waals surface area contributed by atoms with Crippen molar-refractivity contribution in [3.8, 4) is 11.5 Å². The Morgan fingerprint density at radius 1 is 0.800 bits per heavy atom. The molecule has 1 aromatic carbocycles. The van der Waals surface area contributed by atoms with Crippen molar-refractivity contribution < 1.29 is 9.47 Å². The van der Waals surface area contributed by atoms with Crippen LogP contribution in [0.1, 0.15) is 85.0 Å². The summed E-state index contributed by atoms with van der Waals surface area (Å²) in [5.41, 5.74) is 7.45. The summed E-state index contributed by atoms with van der Waals surface area (Å²) in [5.74, 6) is 0.918. The summed E-state index contributed by atoms with van der Waals surface area (Å²) in [4.78, 5) is 13.4. The Labute approximate surface area is 181 Å². The molecule has 2 N–H and O–H groups in total. The number of rotatable bonds is 15. The van der Waals surface area contributed by atoms with Gasteiger partial charge in [-0.15, -0.1) is 0 Å². The first-order valence-corrected chi connectivity index (χ1v) is 11.9. The van der Waals surface area contributed by atoms with Crippen LogP contribution in [-0.2, 0) is 6.54 Å². The molecule has 30 heavy (non-hydrogen) atoms. The fourth-order valence-corrected chi connectivity index (χ4v) is 3.60. The van der Waals surface area contributed by atoms with Gasteiger partial charge >= 0.3 is 0 Å². The van der Waals surface area contributed by atoms with Crippen LogP contribution in [0.4, 0.5) is 5.69 Å². The Morgan fingerprint density at radius 2 is 1.40 bits per heavy atom. The lowest BCUT2D eigenvalue weighted by atomic mass is 10.1. The van der Waals surface area contributed by atoms with Crippen LogP contribution in [0.15, 0.2) is 23.0 Å². The van der Waals surface area contributed by atoms with Crippen LogP contribution in [0, 0.1) is 0 Å². The maximum absolute atomic E-state index is 13.4.